The molecule has 0 aliphatic carbocycles. The fourth-order valence-corrected chi connectivity index (χ4v) is 3.68. The summed E-state index contributed by atoms with van der Waals surface area (Å²) < 4.78 is 27.0. The molecule has 1 aromatic carbocycles. The summed E-state index contributed by atoms with van der Waals surface area (Å²) in [7, 11) is -0.368. The molecule has 0 N–H and O–H groups in total. The molecule has 0 bridgehead atoms. The summed E-state index contributed by atoms with van der Waals surface area (Å²) in [5, 5.41) is 0. The predicted octanol–water partition coefficient (Wildman–Crippen LogP) is 0.949. The first-order valence-corrected chi connectivity index (χ1v) is 8.76. The lowest BCUT2D eigenvalue weighted by Crippen LogP contribution is -2.42. The fourth-order valence-electron chi connectivity index (χ4n) is 2.54. The highest BCUT2D eigenvalue weighted by Gasteiger charge is 2.28. The highest BCUT2D eigenvalue weighted by molar-refractivity contribution is 7.86. The number of benzene rings is 1. The van der Waals surface area contributed by atoms with Gasteiger partial charge >= 0.3 is 0 Å². The summed E-state index contributed by atoms with van der Waals surface area (Å²) >= 11 is 0. The Morgan fingerprint density at radius 2 is 1.77 bits per heavy atom. The largest absolute Gasteiger partial charge is 0.337 e. The topological polar surface area (TPSA) is 60.9 Å². The predicted molar refractivity (Wildman–Crippen MR) is 85.9 cm³/mol. The Morgan fingerprint density at radius 1 is 1.09 bits per heavy atom. The molecular weight excluding hydrogens is 302 g/mol. The van der Waals surface area contributed by atoms with Gasteiger partial charge in [-0.15, -0.1) is 0 Å². The quantitative estimate of drug-likeness (QED) is 0.831. The maximum absolute atomic E-state index is 12.6. The van der Waals surface area contributed by atoms with E-state index in [4.69, 9.17) is 0 Å². The molecule has 0 saturated carbocycles. The summed E-state index contributed by atoms with van der Waals surface area (Å²) in [6.07, 6.45) is 0.644. The molecule has 1 heterocycles. The van der Waals surface area contributed by atoms with Crippen molar-refractivity contribution in [3.05, 3.63) is 35.4 Å². The molecule has 0 aromatic heterocycles. The van der Waals surface area contributed by atoms with Crippen LogP contribution in [0, 0.1) is 6.92 Å². The summed E-state index contributed by atoms with van der Waals surface area (Å²) in [5.74, 6) is -0.0257. The van der Waals surface area contributed by atoms with Gasteiger partial charge in [0.25, 0.3) is 16.1 Å². The summed E-state index contributed by atoms with van der Waals surface area (Å²) in [5.41, 5.74) is 1.63. The number of carbonyl (C=O) groups excluding carboxylic acids is 1. The van der Waals surface area contributed by atoms with E-state index in [-0.39, 0.29) is 5.91 Å². The van der Waals surface area contributed by atoms with Crippen molar-refractivity contribution in [3.8, 4) is 0 Å². The van der Waals surface area contributed by atoms with Crippen molar-refractivity contribution in [1.29, 1.82) is 0 Å². The lowest BCUT2D eigenvalue weighted by atomic mass is 10.1. The number of hydrogen-bond donors (Lipinski definition) is 0. The Bertz CT molecular complexity index is 643. The third-order valence-corrected chi connectivity index (χ3v) is 5.85. The number of hydrogen-bond acceptors (Lipinski definition) is 3. The molecule has 0 radical (unpaired) electrons. The minimum absolute atomic E-state index is 0.0257. The van der Waals surface area contributed by atoms with Crippen LogP contribution < -0.4 is 0 Å². The summed E-state index contributed by atoms with van der Waals surface area (Å²) in [6, 6.07) is 7.48. The monoisotopic (exact) mass is 325 g/mol. The van der Waals surface area contributed by atoms with Gasteiger partial charge in [-0.3, -0.25) is 4.79 Å². The fraction of sp³-hybridized carbons (Fsp3) is 0.533. The van der Waals surface area contributed by atoms with E-state index in [1.165, 1.54) is 22.7 Å². The van der Waals surface area contributed by atoms with E-state index in [0.29, 0.717) is 38.2 Å². The second kappa shape index (κ2) is 6.76. The SMILES string of the molecule is Cc1ccccc1C(=O)N1CCCN(S(=O)(=O)N(C)C)CC1. The molecule has 1 amide bonds. The first kappa shape index (κ1) is 16.9. The number of carbonyl (C=O) groups is 1. The molecule has 1 aromatic rings. The molecule has 0 atom stereocenters. The van der Waals surface area contributed by atoms with E-state index < -0.39 is 10.2 Å². The van der Waals surface area contributed by atoms with Crippen molar-refractivity contribution in [2.75, 3.05) is 40.3 Å². The average molecular weight is 325 g/mol. The third-order valence-electron chi connectivity index (χ3n) is 3.91. The Hall–Kier alpha value is -1.44. The van der Waals surface area contributed by atoms with Gasteiger partial charge in [-0.05, 0) is 25.0 Å². The van der Waals surface area contributed by atoms with E-state index in [1.54, 1.807) is 4.90 Å². The van der Waals surface area contributed by atoms with Gasteiger partial charge in [-0.2, -0.15) is 17.0 Å². The first-order chi connectivity index (χ1) is 10.3. The van der Waals surface area contributed by atoms with Gasteiger partial charge < -0.3 is 4.90 Å². The lowest BCUT2D eigenvalue weighted by molar-refractivity contribution is 0.0763. The highest BCUT2D eigenvalue weighted by Crippen LogP contribution is 2.15. The first-order valence-electron chi connectivity index (χ1n) is 7.36. The molecule has 22 heavy (non-hydrogen) atoms. The van der Waals surface area contributed by atoms with Crippen LogP contribution in [0.25, 0.3) is 0 Å². The van der Waals surface area contributed by atoms with Gasteiger partial charge in [0.2, 0.25) is 0 Å². The summed E-state index contributed by atoms with van der Waals surface area (Å²) in [6.45, 7) is 3.68. The van der Waals surface area contributed by atoms with Gasteiger partial charge in [0.1, 0.15) is 0 Å². The molecule has 0 spiro atoms. The second-order valence-electron chi connectivity index (χ2n) is 5.65. The van der Waals surface area contributed by atoms with Crippen LogP contribution >= 0.6 is 0 Å². The Kier molecular flexibility index (Phi) is 5.20. The smallest absolute Gasteiger partial charge is 0.281 e. The summed E-state index contributed by atoms with van der Waals surface area (Å²) in [4.78, 5) is 14.4. The molecule has 1 saturated heterocycles. The molecule has 1 aliphatic heterocycles. The maximum atomic E-state index is 12.6. The van der Waals surface area contributed by atoms with Gasteiger partial charge in [0.05, 0.1) is 0 Å². The molecule has 6 nitrogen and oxygen atoms in total. The van der Waals surface area contributed by atoms with Gasteiger partial charge in [0, 0.05) is 45.8 Å². The second-order valence-corrected chi connectivity index (χ2v) is 7.79. The molecule has 7 heteroatoms. The van der Waals surface area contributed by atoms with E-state index >= 15 is 0 Å². The minimum Gasteiger partial charge on any atom is -0.337 e. The Balaban J connectivity index is 2.11. The van der Waals surface area contributed by atoms with Crippen LogP contribution in [0.4, 0.5) is 0 Å². The zero-order valence-electron chi connectivity index (χ0n) is 13.3. The van der Waals surface area contributed by atoms with Crippen molar-refractivity contribution >= 4 is 16.1 Å². The van der Waals surface area contributed by atoms with Crippen LogP contribution in [0.1, 0.15) is 22.3 Å². The third kappa shape index (κ3) is 3.48. The highest BCUT2D eigenvalue weighted by atomic mass is 32.2. The van der Waals surface area contributed by atoms with E-state index in [0.717, 1.165) is 5.56 Å². The van der Waals surface area contributed by atoms with Crippen LogP contribution in [-0.2, 0) is 10.2 Å². The molecule has 1 aliphatic rings. The Morgan fingerprint density at radius 3 is 2.41 bits per heavy atom. The van der Waals surface area contributed by atoms with Crippen molar-refractivity contribution in [3.63, 3.8) is 0 Å². The minimum atomic E-state index is -3.42. The normalized spacial score (nSPS) is 17.5. The standard InChI is InChI=1S/C15H23N3O3S/c1-13-7-4-5-8-14(13)15(19)17-9-6-10-18(12-11-17)22(20,21)16(2)3/h4-5,7-8H,6,9-12H2,1-3H3. The van der Waals surface area contributed by atoms with Crippen LogP contribution in [0.2, 0.25) is 0 Å². The Labute approximate surface area is 132 Å². The maximum Gasteiger partial charge on any atom is 0.281 e. The van der Waals surface area contributed by atoms with Crippen LogP contribution in [0.3, 0.4) is 0 Å². The van der Waals surface area contributed by atoms with Gasteiger partial charge in [-0.1, -0.05) is 18.2 Å². The number of nitrogens with zero attached hydrogens (tertiary/aromatic N) is 3. The van der Waals surface area contributed by atoms with Gasteiger partial charge in [0.15, 0.2) is 0 Å². The van der Waals surface area contributed by atoms with Crippen LogP contribution in [-0.4, -0.2) is 68.1 Å². The molecule has 2 rings (SSSR count). The van der Waals surface area contributed by atoms with Crippen LogP contribution in [0.5, 0.6) is 0 Å². The van der Waals surface area contributed by atoms with E-state index in [2.05, 4.69) is 0 Å². The van der Waals surface area contributed by atoms with Crippen molar-refractivity contribution in [2.45, 2.75) is 13.3 Å². The zero-order chi connectivity index (χ0) is 16.3. The number of aryl methyl sites for hydroxylation is 1. The molecular formula is C15H23N3O3S. The van der Waals surface area contributed by atoms with Crippen LogP contribution in [0.15, 0.2) is 24.3 Å². The van der Waals surface area contributed by atoms with Crippen molar-refractivity contribution in [1.82, 2.24) is 13.5 Å². The lowest BCUT2D eigenvalue weighted by Gasteiger charge is -2.24. The van der Waals surface area contributed by atoms with Gasteiger partial charge in [-0.25, -0.2) is 0 Å². The number of amides is 1. The molecule has 0 unspecified atom stereocenters. The van der Waals surface area contributed by atoms with E-state index in [9.17, 15) is 13.2 Å². The molecule has 122 valence electrons. The molecule has 1 fully saturated rings. The van der Waals surface area contributed by atoms with Crippen molar-refractivity contribution in [2.24, 2.45) is 0 Å². The number of rotatable bonds is 3. The average Bonchev–Trinajstić information content (AvgIpc) is 2.73. The van der Waals surface area contributed by atoms with Crippen molar-refractivity contribution < 1.29 is 13.2 Å². The zero-order valence-corrected chi connectivity index (χ0v) is 14.1. The van der Waals surface area contributed by atoms with E-state index in [1.807, 2.05) is 31.2 Å².